The number of H-pyrrole nitrogens is 1. The van der Waals surface area contributed by atoms with Gasteiger partial charge in [-0.05, 0) is 227 Å². The number of aliphatic carboxylic acids is 1. The fraction of sp³-hybridized carbons (Fsp3) is 0.220. The van der Waals surface area contributed by atoms with Gasteiger partial charge in [0.05, 0.1) is 65.6 Å². The summed E-state index contributed by atoms with van der Waals surface area (Å²) in [6, 6.07) is 65.2. The Labute approximate surface area is 865 Å². The largest absolute Gasteiger partial charge is 0.508 e. The third kappa shape index (κ3) is 30.0. The number of thiocarbonyl (C=S) groups is 1. The number of nitrogens with two attached hydrogens (primary N) is 1. The number of aryl methyl sites for hydroxylation is 1. The second-order valence-electron chi connectivity index (χ2n) is 33.2. The molecule has 39 heteroatoms. The number of nitrogen functional groups attached to an aromatic ring is 1. The summed E-state index contributed by atoms with van der Waals surface area (Å²) in [6.07, 6.45) is 13.8. The molecule has 3 aliphatic rings. The summed E-state index contributed by atoms with van der Waals surface area (Å²) in [5, 5.41) is 126. The monoisotopic (exact) mass is 2070 g/mol. The van der Waals surface area contributed by atoms with Gasteiger partial charge in [0.15, 0.2) is 51.2 Å². The SMILES string of the molecule is CC(N=Cc1cccc(O)c1O)c1ccccc1.CC1CCCN(c2cc(O)ccc2O)C1.CCCCCOc1ccc(C(=O)CCC(=O)O)cc1.CCN1C(=O)C(=Cc2cccn2C)C(=O)N(CC)C1=S.CCOC(=O)c1ccc(-c2ccc(/C=C3\SC(N=Nc4c(O)[nH]c5ccccc45)=NC3=O)o2)cc1.COCc1cccc(/C=N/n2c(N)nnc2-c2ccc(Cl)cc2)c1O.O=c1c(O)cccc2cc(O)c(O)c(O)c12. The number of piperidine rings is 1. The van der Waals surface area contributed by atoms with Gasteiger partial charge in [-0.2, -0.15) is 14.8 Å². The molecule has 0 radical (unpaired) electrons. The summed E-state index contributed by atoms with van der Waals surface area (Å²) in [6.45, 7) is 15.9. The second kappa shape index (κ2) is 53.9. The molecule has 14 N–H and O–H groups in total. The van der Waals surface area contributed by atoms with Gasteiger partial charge < -0.3 is 95.0 Å². The number of anilines is 2. The molecule has 14 aromatic rings. The predicted molar refractivity (Wildman–Crippen MR) is 572 cm³/mol. The number of carboxylic acids is 1. The number of benzene rings is 9. The molecule has 768 valence electrons. The molecule has 7 heterocycles. The maximum Gasteiger partial charge on any atom is 0.338 e. The summed E-state index contributed by atoms with van der Waals surface area (Å²) < 4.78 is 24.7. The minimum absolute atomic E-state index is 0.00736. The number of aliphatic imine (C=N–C) groups is 2. The molecule has 2 fully saturated rings. The number of aromatic amines is 1. The number of fused-ring (bicyclic) bond motifs is 2. The molecule has 0 aliphatic carbocycles. The quantitative estimate of drug-likeness (QED) is 0.00229. The van der Waals surface area contributed by atoms with Crippen LogP contribution >= 0.6 is 35.6 Å². The molecule has 0 spiro atoms. The van der Waals surface area contributed by atoms with Gasteiger partial charge in [0.2, 0.25) is 28.2 Å². The number of unbranched alkanes of at least 4 members (excludes halogenated alkanes) is 2. The summed E-state index contributed by atoms with van der Waals surface area (Å²) in [5.41, 5.74) is 13.1. The number of para-hydroxylation sites is 3. The lowest BCUT2D eigenvalue weighted by Gasteiger charge is -2.35. The van der Waals surface area contributed by atoms with E-state index in [0.717, 1.165) is 102 Å². The Balaban J connectivity index is 0.000000167. The zero-order valence-electron chi connectivity index (χ0n) is 81.9. The summed E-state index contributed by atoms with van der Waals surface area (Å²) >= 11 is 12.2. The first-order chi connectivity index (χ1) is 71.1. The molecule has 3 amide bonds. The Morgan fingerprint density at radius 2 is 1.34 bits per heavy atom. The number of phenols is 8. The maximum absolute atomic E-state index is 12.4. The van der Waals surface area contributed by atoms with E-state index in [0.29, 0.717) is 99.3 Å². The van der Waals surface area contributed by atoms with Crippen molar-refractivity contribution < 1.29 is 104 Å². The number of nitrogens with zero attached hydrogens (tertiary/aromatic N) is 12. The molecular weight excluding hydrogens is 1960 g/mol. The van der Waals surface area contributed by atoms with Gasteiger partial charge in [-0.3, -0.25) is 43.6 Å². The number of azo groups is 1. The van der Waals surface area contributed by atoms with E-state index in [1.165, 1.54) is 51.4 Å². The average molecular weight is 2070 g/mol. The predicted octanol–water partition coefficient (Wildman–Crippen LogP) is 20.3. The normalized spacial score (nSPS) is 13.8. The minimum Gasteiger partial charge on any atom is -0.508 e. The summed E-state index contributed by atoms with van der Waals surface area (Å²) in [4.78, 5) is 99.1. The minimum atomic E-state index is -0.954. The molecule has 148 heavy (non-hydrogen) atoms. The standard InChI is InChI=1S/C25H18N4O5S.C17H16ClN5O2.C15H15NO2.C15H20O4.C14H17N3O2S.C12H17NO2.C11H8O5/c1-2-33-24(32)15-9-7-14(8-10-15)19-12-11-16(34-19)13-20-22(30)27-25(35-20)29-28-21-17-5-3-4-6-18(17)26-23(21)31;1-25-10-13-4-2-3-12(15(13)24)9-20-23-16(21-22-17(23)19)11-5-7-14(18)8-6-11;1-11(12-6-3-2-4-7-12)16-10-13-8-5-9-14(17)15(13)18;1-2-3-4-11-19-13-7-5-12(6-8-13)14(16)9-10-15(17)18;1-4-16-12(18)11(9-10-7-6-8-15(10)3)13(19)17(5-2)14(16)20;1-9-3-2-6-13(8-9)11-7-10(14)4-5-12(11)15;12-6-3-1-2-5-4-7(13)10(15)11(16)8(5)9(6)14/h3-13,26,31H,2H2,1H3;2-9,24H,10H2,1H3,(H2,19,22);2-11,17-18H,1H3;5-8H,2-4,9-11H2,1H3,(H,17,18);6-9H,4-5H2,1-3H3;4-5,7,9,14-15H,2-3,6,8H2,1H3;1-4,13,15-16H,(H,12,14)/b20-13-,29-28?;20-9+;;;;;. The van der Waals surface area contributed by atoms with Gasteiger partial charge >= 0.3 is 11.9 Å². The lowest BCUT2D eigenvalue weighted by atomic mass is 9.99. The molecule has 3 aliphatic heterocycles. The van der Waals surface area contributed by atoms with Crippen LogP contribution in [0.1, 0.15) is 147 Å². The van der Waals surface area contributed by atoms with Crippen LogP contribution in [0.4, 0.5) is 17.3 Å². The maximum atomic E-state index is 12.4. The first-order valence-electron chi connectivity index (χ1n) is 46.8. The third-order valence-corrected chi connectivity index (χ3v) is 24.3. The van der Waals surface area contributed by atoms with E-state index in [-0.39, 0.29) is 115 Å². The summed E-state index contributed by atoms with van der Waals surface area (Å²) in [7, 11) is 3.43. The number of halogens is 1. The number of hydrogen-bond acceptors (Lipinski definition) is 31. The average Bonchev–Trinajstić information content (AvgIpc) is 0.830. The van der Waals surface area contributed by atoms with Gasteiger partial charge in [-0.1, -0.05) is 129 Å². The number of rotatable bonds is 26. The number of ketones is 1. The van der Waals surface area contributed by atoms with Gasteiger partial charge in [-0.15, -0.1) is 20.4 Å². The van der Waals surface area contributed by atoms with E-state index in [4.69, 9.17) is 53.3 Å². The number of furan rings is 1. The van der Waals surface area contributed by atoms with E-state index in [2.05, 4.69) is 59.2 Å². The number of nitrogens with one attached hydrogen (secondary N) is 1. The van der Waals surface area contributed by atoms with Crippen molar-refractivity contribution in [3.05, 3.63) is 307 Å². The molecule has 2 saturated heterocycles. The number of aromatic hydroxyl groups is 10. The molecule has 0 saturated carbocycles. The molecule has 4 aromatic heterocycles. The van der Waals surface area contributed by atoms with E-state index in [1.54, 1.807) is 160 Å². The van der Waals surface area contributed by atoms with Crippen LogP contribution in [-0.4, -0.2) is 195 Å². The number of likely N-dealkylation sites (N-methyl/N-ethyl adjacent to an activating group) is 2. The number of thioether (sulfide) groups is 1. The number of ether oxygens (including phenoxy) is 3. The highest BCUT2D eigenvalue weighted by atomic mass is 35.5. The molecule has 2 unspecified atom stereocenters. The first kappa shape index (κ1) is 111. The highest BCUT2D eigenvalue weighted by Crippen LogP contribution is 2.42. The van der Waals surface area contributed by atoms with Crippen LogP contribution in [0.15, 0.2) is 282 Å². The Kier molecular flexibility index (Phi) is 40.5. The highest BCUT2D eigenvalue weighted by molar-refractivity contribution is 8.18. The Bertz CT molecular complexity index is 7280. The number of methoxy groups -OCH3 is 1. The zero-order valence-corrected chi connectivity index (χ0v) is 84.3. The number of amides is 3. The third-order valence-electron chi connectivity index (χ3n) is 22.7. The van der Waals surface area contributed by atoms with Crippen molar-refractivity contribution in [1.29, 1.82) is 0 Å². The topological polar surface area (TPSA) is 532 Å². The van der Waals surface area contributed by atoms with Crippen molar-refractivity contribution in [3.8, 4) is 86.1 Å². The van der Waals surface area contributed by atoms with E-state index in [1.807, 2.05) is 105 Å². The molecule has 17 rings (SSSR count). The summed E-state index contributed by atoms with van der Waals surface area (Å²) in [5.74, 6) is -1.97. The van der Waals surface area contributed by atoms with Crippen molar-refractivity contribution in [2.24, 2.45) is 38.3 Å². The number of esters is 1. The zero-order chi connectivity index (χ0) is 107. The number of hydrogen-bond donors (Lipinski definition) is 13. The Hall–Kier alpha value is -17.2. The number of carboxylic acid groups (broad SMARTS) is 1. The lowest BCUT2D eigenvalue weighted by Crippen LogP contribution is -2.55. The van der Waals surface area contributed by atoms with Crippen LogP contribution in [0.3, 0.4) is 0 Å². The molecule has 2 atom stereocenters. The molecular formula is C109H111ClN14O22S2. The van der Waals surface area contributed by atoms with Crippen LogP contribution in [0.25, 0.3) is 56.5 Å². The first-order valence-corrected chi connectivity index (χ1v) is 48.4. The van der Waals surface area contributed by atoms with Crippen molar-refractivity contribution in [1.82, 2.24) is 34.2 Å². The number of carbonyl (C=O) groups is 6. The van der Waals surface area contributed by atoms with Crippen LogP contribution < -0.4 is 20.8 Å². The molecule has 36 nitrogen and oxygen atoms in total. The van der Waals surface area contributed by atoms with E-state index >= 15 is 0 Å². The van der Waals surface area contributed by atoms with Crippen LogP contribution in [0.2, 0.25) is 5.02 Å². The van der Waals surface area contributed by atoms with E-state index < -0.39 is 40.3 Å². The van der Waals surface area contributed by atoms with Crippen molar-refractivity contribution in [3.63, 3.8) is 0 Å². The van der Waals surface area contributed by atoms with Crippen molar-refractivity contribution in [2.45, 2.75) is 99.1 Å². The number of aromatic nitrogens is 5. The molecule has 10 aromatic carbocycles. The number of Topliss-reactive ketones (excluding diaryl/α,β-unsaturated/α-hetero) is 1. The van der Waals surface area contributed by atoms with E-state index in [9.17, 15) is 84.6 Å². The second-order valence-corrected chi connectivity index (χ2v) is 35.0. The van der Waals surface area contributed by atoms with Crippen LogP contribution in [0, 0.1) is 5.92 Å². The number of phenolic OH excluding ortho intramolecular Hbond substituents is 8. The van der Waals surface area contributed by atoms with Crippen molar-refractivity contribution in [2.75, 3.05) is 57.1 Å². The van der Waals surface area contributed by atoms with Gasteiger partial charge in [0.25, 0.3) is 17.7 Å². The number of carbonyl (C=O) groups excluding carboxylic acids is 5. The molecule has 0 bridgehead atoms. The Morgan fingerprint density at radius 1 is 0.669 bits per heavy atom. The van der Waals surface area contributed by atoms with Crippen LogP contribution in [-0.2, 0) is 42.3 Å². The Morgan fingerprint density at radius 3 is 2.01 bits per heavy atom. The van der Waals surface area contributed by atoms with Crippen LogP contribution in [0.5, 0.6) is 63.4 Å². The van der Waals surface area contributed by atoms with Gasteiger partial charge in [0.1, 0.15) is 40.1 Å². The fourth-order valence-electron chi connectivity index (χ4n) is 14.9. The van der Waals surface area contributed by atoms with Gasteiger partial charge in [0, 0.05) is 121 Å². The highest BCUT2D eigenvalue weighted by Gasteiger charge is 2.38. The lowest BCUT2D eigenvalue weighted by molar-refractivity contribution is -0.137. The number of amidine groups is 1. The smallest absolute Gasteiger partial charge is 0.338 e. The van der Waals surface area contributed by atoms with Crippen molar-refractivity contribution >= 4 is 145 Å². The van der Waals surface area contributed by atoms with Gasteiger partial charge in [-0.25, -0.2) is 4.79 Å². The fourth-order valence-corrected chi connectivity index (χ4v) is 16.1.